The first-order valence-electron chi connectivity index (χ1n) is 12.2. The van der Waals surface area contributed by atoms with Gasteiger partial charge in [-0.1, -0.05) is 29.3 Å². The van der Waals surface area contributed by atoms with Crippen molar-refractivity contribution in [2.45, 2.75) is 46.2 Å². The maximum Gasteiger partial charge on any atom is 0.338 e. The van der Waals surface area contributed by atoms with Gasteiger partial charge in [-0.3, -0.25) is 9.80 Å². The normalized spacial score (nSPS) is 19.3. The number of benzene rings is 1. The molecule has 4 amide bonds. The fourth-order valence-corrected chi connectivity index (χ4v) is 4.63. The van der Waals surface area contributed by atoms with Crippen molar-refractivity contribution in [3.8, 4) is 0 Å². The number of urea groups is 2. The van der Waals surface area contributed by atoms with Crippen LogP contribution in [-0.2, 0) is 9.53 Å². The lowest BCUT2D eigenvalue weighted by Gasteiger charge is -2.40. The number of hydrogen-bond acceptors (Lipinski definition) is 5. The van der Waals surface area contributed by atoms with E-state index >= 15 is 0 Å². The van der Waals surface area contributed by atoms with E-state index in [0.717, 1.165) is 0 Å². The van der Waals surface area contributed by atoms with E-state index in [-0.39, 0.29) is 24.2 Å². The Balaban J connectivity index is 1.91. The molecule has 3 rings (SSSR count). The van der Waals surface area contributed by atoms with Crippen molar-refractivity contribution in [2.75, 3.05) is 45.9 Å². The molecule has 1 aromatic rings. The predicted octanol–water partition coefficient (Wildman–Crippen LogP) is 4.02. The van der Waals surface area contributed by atoms with Gasteiger partial charge in [0.15, 0.2) is 0 Å². The number of rotatable bonds is 6. The molecule has 1 unspecified atom stereocenters. The molecule has 2 N–H and O–H groups in total. The molecule has 1 aromatic carbocycles. The van der Waals surface area contributed by atoms with Crippen molar-refractivity contribution < 1.29 is 19.1 Å². The minimum Gasteiger partial charge on any atom is -0.463 e. The zero-order valence-electron chi connectivity index (χ0n) is 21.5. The highest BCUT2D eigenvalue weighted by Crippen LogP contribution is 2.34. The topological polar surface area (TPSA) is 94.2 Å². The van der Waals surface area contributed by atoms with E-state index in [4.69, 9.17) is 27.9 Å². The summed E-state index contributed by atoms with van der Waals surface area (Å²) >= 11 is 12.4. The third-order valence-corrected chi connectivity index (χ3v) is 6.78. The number of ether oxygens (including phenoxy) is 1. The van der Waals surface area contributed by atoms with Crippen LogP contribution in [0.3, 0.4) is 0 Å². The van der Waals surface area contributed by atoms with Crippen molar-refractivity contribution in [3.05, 3.63) is 45.1 Å². The molecule has 9 nitrogen and oxygen atoms in total. The number of carbonyl (C=O) groups excluding carboxylic acids is 3. The molecule has 1 saturated heterocycles. The summed E-state index contributed by atoms with van der Waals surface area (Å²) in [6, 6.07) is 3.90. The zero-order chi connectivity index (χ0) is 26.6. The third-order valence-electron chi connectivity index (χ3n) is 6.04. The second-order valence-corrected chi connectivity index (χ2v) is 10.6. The Kier molecular flexibility index (Phi) is 9.13. The van der Waals surface area contributed by atoms with E-state index < -0.39 is 12.0 Å². The average molecular weight is 540 g/mol. The predicted molar refractivity (Wildman–Crippen MR) is 140 cm³/mol. The van der Waals surface area contributed by atoms with Crippen LogP contribution in [0.2, 0.25) is 10.0 Å². The molecular weight excluding hydrogens is 505 g/mol. The highest BCUT2D eigenvalue weighted by atomic mass is 35.5. The minimum absolute atomic E-state index is 0.0968. The monoisotopic (exact) mass is 539 g/mol. The smallest absolute Gasteiger partial charge is 0.338 e. The number of carbonyl (C=O) groups is 3. The number of amides is 4. The molecule has 0 spiro atoms. The van der Waals surface area contributed by atoms with E-state index in [1.165, 1.54) is 0 Å². The zero-order valence-corrected chi connectivity index (χ0v) is 23.0. The van der Waals surface area contributed by atoms with Gasteiger partial charge in [0.25, 0.3) is 0 Å². The van der Waals surface area contributed by atoms with Gasteiger partial charge in [0.05, 0.1) is 28.3 Å². The Morgan fingerprint density at radius 1 is 1.11 bits per heavy atom. The molecule has 1 atom stereocenters. The Bertz CT molecular complexity index is 1030. The first-order valence-corrected chi connectivity index (χ1v) is 12.9. The number of piperazine rings is 1. The van der Waals surface area contributed by atoms with Crippen molar-refractivity contribution in [3.63, 3.8) is 0 Å². The van der Waals surface area contributed by atoms with Gasteiger partial charge < -0.3 is 20.3 Å². The molecule has 0 aliphatic carbocycles. The molecular formula is C25H35Cl2N5O4. The summed E-state index contributed by atoms with van der Waals surface area (Å²) in [4.78, 5) is 44.4. The van der Waals surface area contributed by atoms with Crippen molar-refractivity contribution in [1.29, 1.82) is 0 Å². The summed E-state index contributed by atoms with van der Waals surface area (Å²) in [5.41, 5.74) is 1.27. The van der Waals surface area contributed by atoms with Crippen molar-refractivity contribution >= 4 is 41.2 Å². The van der Waals surface area contributed by atoms with Gasteiger partial charge in [0, 0.05) is 50.5 Å². The van der Waals surface area contributed by atoms with Gasteiger partial charge in [0.2, 0.25) is 0 Å². The third kappa shape index (κ3) is 6.63. The lowest BCUT2D eigenvalue weighted by molar-refractivity contribution is -0.139. The summed E-state index contributed by atoms with van der Waals surface area (Å²) in [7, 11) is 0. The van der Waals surface area contributed by atoms with Crippen LogP contribution in [0, 0.1) is 0 Å². The first kappa shape index (κ1) is 28.1. The molecule has 0 radical (unpaired) electrons. The molecule has 1 fully saturated rings. The van der Waals surface area contributed by atoms with Crippen LogP contribution >= 0.6 is 23.2 Å². The fraction of sp³-hybridized carbons (Fsp3) is 0.560. The van der Waals surface area contributed by atoms with Crippen molar-refractivity contribution in [1.82, 2.24) is 25.3 Å². The highest BCUT2D eigenvalue weighted by Gasteiger charge is 2.39. The second-order valence-electron chi connectivity index (χ2n) is 9.82. The molecule has 0 saturated carbocycles. The van der Waals surface area contributed by atoms with Gasteiger partial charge in [-0.2, -0.15) is 0 Å². The molecule has 36 heavy (non-hydrogen) atoms. The Labute approximate surface area is 222 Å². The number of nitrogens with one attached hydrogen (secondary N) is 2. The van der Waals surface area contributed by atoms with E-state index in [9.17, 15) is 14.4 Å². The average Bonchev–Trinajstić information content (AvgIpc) is 2.80. The number of hydrogen-bond donors (Lipinski definition) is 2. The Hall–Kier alpha value is -2.49. The number of nitrogens with zero attached hydrogens (tertiary/aromatic N) is 3. The van der Waals surface area contributed by atoms with Crippen molar-refractivity contribution in [2.24, 2.45) is 0 Å². The lowest BCUT2D eigenvalue weighted by Crippen LogP contribution is -2.56. The summed E-state index contributed by atoms with van der Waals surface area (Å²) in [5.74, 6) is -0.495. The summed E-state index contributed by atoms with van der Waals surface area (Å²) in [5, 5.41) is 6.63. The van der Waals surface area contributed by atoms with Gasteiger partial charge in [-0.05, 0) is 52.3 Å². The summed E-state index contributed by atoms with van der Waals surface area (Å²) < 4.78 is 5.42. The Morgan fingerprint density at radius 2 is 1.78 bits per heavy atom. The maximum atomic E-state index is 13.2. The summed E-state index contributed by atoms with van der Waals surface area (Å²) in [6.07, 6.45) is 0. The van der Waals surface area contributed by atoms with E-state index in [1.54, 1.807) is 34.9 Å². The quantitative estimate of drug-likeness (QED) is 0.532. The lowest BCUT2D eigenvalue weighted by atomic mass is 9.94. The minimum atomic E-state index is -0.733. The van der Waals surface area contributed by atoms with Crippen LogP contribution in [0.25, 0.3) is 0 Å². The van der Waals surface area contributed by atoms with Crippen LogP contribution in [0.15, 0.2) is 29.5 Å². The molecule has 11 heteroatoms. The molecule has 2 heterocycles. The Morgan fingerprint density at radius 3 is 2.33 bits per heavy atom. The van der Waals surface area contributed by atoms with Crippen LogP contribution in [0.1, 0.15) is 46.2 Å². The summed E-state index contributed by atoms with van der Waals surface area (Å²) in [6.45, 7) is 12.7. The van der Waals surface area contributed by atoms with E-state index in [2.05, 4.69) is 15.5 Å². The van der Waals surface area contributed by atoms with E-state index in [0.29, 0.717) is 66.1 Å². The number of likely N-dealkylation sites (N-methyl/N-ethyl adjacent to an activating group) is 1. The molecule has 2 aliphatic rings. The van der Waals surface area contributed by atoms with Gasteiger partial charge in [0.1, 0.15) is 0 Å². The number of esters is 1. The SMILES string of the molecule is CCOC(=O)C1=C(CN2CCN(C(=O)NC(C)(C)C)CC2)N(CC)C(=O)NC1c1ccc(Cl)c(Cl)c1. The van der Waals surface area contributed by atoms with E-state index in [1.807, 2.05) is 27.7 Å². The number of halogens is 2. The molecule has 2 aliphatic heterocycles. The van der Waals surface area contributed by atoms with Crippen LogP contribution < -0.4 is 10.6 Å². The standard InChI is InChI=1S/C25H35Cl2N5O4/c1-6-32-19(15-30-10-12-31(13-11-30)24(35)29-25(3,4)5)20(22(33)36-7-2)21(28-23(32)34)16-8-9-17(26)18(27)14-16/h8-9,14,21H,6-7,10-13,15H2,1-5H3,(H,28,34)(H,29,35). The fourth-order valence-electron chi connectivity index (χ4n) is 4.32. The maximum absolute atomic E-state index is 13.2. The second kappa shape index (κ2) is 11.7. The van der Waals surface area contributed by atoms with Gasteiger partial charge >= 0.3 is 18.0 Å². The first-order chi connectivity index (χ1) is 16.9. The molecule has 0 aromatic heterocycles. The van der Waals surface area contributed by atoms with Crippen LogP contribution in [0.4, 0.5) is 9.59 Å². The van der Waals surface area contributed by atoms with Gasteiger partial charge in [-0.15, -0.1) is 0 Å². The molecule has 198 valence electrons. The molecule has 0 bridgehead atoms. The highest BCUT2D eigenvalue weighted by molar-refractivity contribution is 6.42. The van der Waals surface area contributed by atoms with Crippen LogP contribution in [-0.4, -0.2) is 84.1 Å². The largest absolute Gasteiger partial charge is 0.463 e. The van der Waals surface area contributed by atoms with Crippen LogP contribution in [0.5, 0.6) is 0 Å². The van der Waals surface area contributed by atoms with Gasteiger partial charge in [-0.25, -0.2) is 14.4 Å².